The molecule has 172 valence electrons. The highest BCUT2D eigenvalue weighted by atomic mass is 16.1. The zero-order chi connectivity index (χ0) is 23.7. The van der Waals surface area contributed by atoms with Crippen LogP contribution in [0.1, 0.15) is 33.5 Å². The van der Waals surface area contributed by atoms with Crippen molar-refractivity contribution in [3.05, 3.63) is 76.9 Å². The molecule has 1 atom stereocenters. The lowest BCUT2D eigenvalue weighted by Crippen LogP contribution is -2.36. The molecule has 1 saturated heterocycles. The lowest BCUT2D eigenvalue weighted by Gasteiger charge is -2.13. The largest absolute Gasteiger partial charge is 0.348 e. The van der Waals surface area contributed by atoms with Crippen molar-refractivity contribution >= 4 is 28.6 Å². The average molecular weight is 453 g/mol. The SMILES string of the molecule is Cc1cccc(C)c1-c1cc(C)c2nc(Nc3cccc(C(=O)NC4CCNC4)c3)nnc2c1. The Kier molecular flexibility index (Phi) is 5.94. The number of rotatable bonds is 5. The molecular weight excluding hydrogens is 424 g/mol. The normalized spacial score (nSPS) is 15.4. The maximum Gasteiger partial charge on any atom is 0.251 e. The van der Waals surface area contributed by atoms with E-state index in [0.29, 0.717) is 11.5 Å². The molecule has 3 aromatic carbocycles. The van der Waals surface area contributed by atoms with E-state index in [4.69, 9.17) is 4.98 Å². The van der Waals surface area contributed by atoms with Crippen molar-refractivity contribution in [2.75, 3.05) is 18.4 Å². The number of nitrogens with zero attached hydrogens (tertiary/aromatic N) is 3. The van der Waals surface area contributed by atoms with Crippen LogP contribution in [0.3, 0.4) is 0 Å². The zero-order valence-corrected chi connectivity index (χ0v) is 19.6. The van der Waals surface area contributed by atoms with Gasteiger partial charge in [0.1, 0.15) is 5.52 Å². The third kappa shape index (κ3) is 4.47. The molecule has 1 aliphatic rings. The predicted molar refractivity (Wildman–Crippen MR) is 135 cm³/mol. The van der Waals surface area contributed by atoms with Gasteiger partial charge in [0.25, 0.3) is 5.91 Å². The maximum absolute atomic E-state index is 12.6. The van der Waals surface area contributed by atoms with Gasteiger partial charge in [-0.2, -0.15) is 0 Å². The van der Waals surface area contributed by atoms with Gasteiger partial charge in [-0.1, -0.05) is 24.3 Å². The topological polar surface area (TPSA) is 91.8 Å². The van der Waals surface area contributed by atoms with Crippen molar-refractivity contribution < 1.29 is 4.79 Å². The lowest BCUT2D eigenvalue weighted by molar-refractivity contribution is 0.0940. The van der Waals surface area contributed by atoms with Gasteiger partial charge in [-0.15, -0.1) is 10.2 Å². The molecule has 1 aromatic heterocycles. The van der Waals surface area contributed by atoms with Gasteiger partial charge in [0, 0.05) is 23.8 Å². The highest BCUT2D eigenvalue weighted by molar-refractivity contribution is 5.95. The van der Waals surface area contributed by atoms with Crippen LogP contribution in [0.25, 0.3) is 22.2 Å². The monoisotopic (exact) mass is 452 g/mol. The highest BCUT2D eigenvalue weighted by Crippen LogP contribution is 2.31. The summed E-state index contributed by atoms with van der Waals surface area (Å²) in [4.78, 5) is 17.3. The van der Waals surface area contributed by atoms with Gasteiger partial charge in [0.2, 0.25) is 5.95 Å². The molecule has 0 saturated carbocycles. The minimum absolute atomic E-state index is 0.0789. The zero-order valence-electron chi connectivity index (χ0n) is 19.6. The van der Waals surface area contributed by atoms with Crippen LogP contribution in [-0.2, 0) is 0 Å². The van der Waals surface area contributed by atoms with Gasteiger partial charge < -0.3 is 16.0 Å². The van der Waals surface area contributed by atoms with Crippen LogP contribution in [0.4, 0.5) is 11.6 Å². The molecular formula is C27H28N6O. The Bertz CT molecular complexity index is 1360. The van der Waals surface area contributed by atoms with Gasteiger partial charge >= 0.3 is 0 Å². The van der Waals surface area contributed by atoms with E-state index in [9.17, 15) is 4.79 Å². The van der Waals surface area contributed by atoms with E-state index >= 15 is 0 Å². The van der Waals surface area contributed by atoms with E-state index in [2.05, 4.69) is 64.3 Å². The number of hydrogen-bond acceptors (Lipinski definition) is 6. The Labute approximate surface area is 199 Å². The summed E-state index contributed by atoms with van der Waals surface area (Å²) in [5.74, 6) is 0.317. The molecule has 1 fully saturated rings. The smallest absolute Gasteiger partial charge is 0.251 e. The third-order valence-corrected chi connectivity index (χ3v) is 6.30. The molecule has 3 N–H and O–H groups in total. The summed E-state index contributed by atoms with van der Waals surface area (Å²) in [7, 11) is 0. The van der Waals surface area contributed by atoms with E-state index in [-0.39, 0.29) is 11.9 Å². The quantitative estimate of drug-likeness (QED) is 0.414. The van der Waals surface area contributed by atoms with Crippen LogP contribution < -0.4 is 16.0 Å². The summed E-state index contributed by atoms with van der Waals surface area (Å²) in [6.07, 6.45) is 0.949. The Hall–Kier alpha value is -3.84. The fourth-order valence-corrected chi connectivity index (χ4v) is 4.59. The second kappa shape index (κ2) is 9.19. The summed E-state index contributed by atoms with van der Waals surface area (Å²) < 4.78 is 0. The van der Waals surface area contributed by atoms with Crippen molar-refractivity contribution in [2.45, 2.75) is 33.2 Å². The second-order valence-corrected chi connectivity index (χ2v) is 8.93. The summed E-state index contributed by atoms with van der Waals surface area (Å²) in [6.45, 7) is 8.03. The Morgan fingerprint density at radius 1 is 0.971 bits per heavy atom. The molecule has 1 unspecified atom stereocenters. The lowest BCUT2D eigenvalue weighted by atomic mass is 9.94. The van der Waals surface area contributed by atoms with Crippen molar-refractivity contribution in [1.82, 2.24) is 25.8 Å². The highest BCUT2D eigenvalue weighted by Gasteiger charge is 2.18. The number of benzene rings is 3. The third-order valence-electron chi connectivity index (χ3n) is 6.30. The van der Waals surface area contributed by atoms with Crippen LogP contribution in [0.15, 0.2) is 54.6 Å². The fourth-order valence-electron chi connectivity index (χ4n) is 4.59. The first-order chi connectivity index (χ1) is 16.5. The van der Waals surface area contributed by atoms with Crippen LogP contribution in [0, 0.1) is 20.8 Å². The molecule has 34 heavy (non-hydrogen) atoms. The van der Waals surface area contributed by atoms with Crippen LogP contribution in [-0.4, -0.2) is 40.2 Å². The van der Waals surface area contributed by atoms with E-state index in [1.807, 2.05) is 37.3 Å². The van der Waals surface area contributed by atoms with Gasteiger partial charge in [0.15, 0.2) is 0 Å². The summed E-state index contributed by atoms with van der Waals surface area (Å²) in [5.41, 5.74) is 8.72. The number of carbonyl (C=O) groups is 1. The summed E-state index contributed by atoms with van der Waals surface area (Å²) >= 11 is 0. The van der Waals surface area contributed by atoms with Crippen molar-refractivity contribution in [2.24, 2.45) is 0 Å². The Balaban J connectivity index is 1.40. The first-order valence-corrected chi connectivity index (χ1v) is 11.6. The Morgan fingerprint density at radius 3 is 2.53 bits per heavy atom. The number of aryl methyl sites for hydroxylation is 3. The molecule has 1 amide bonds. The number of carbonyl (C=O) groups excluding carboxylic acids is 1. The standard InChI is InChI=1S/C27H28N6O/c1-16-6-4-7-17(2)24(16)20-12-18(3)25-23(14-20)32-33-27(31-25)30-21-9-5-8-19(13-21)26(34)29-22-10-11-28-15-22/h4-9,12-14,22,28H,10-11,15H2,1-3H3,(H,29,34)(H,30,31,33). The minimum atomic E-state index is -0.0789. The number of aromatic nitrogens is 3. The first kappa shape index (κ1) is 22.0. The average Bonchev–Trinajstić information content (AvgIpc) is 3.33. The molecule has 2 heterocycles. The molecule has 0 bridgehead atoms. The number of anilines is 2. The summed E-state index contributed by atoms with van der Waals surface area (Å²) in [6, 6.07) is 18.0. The van der Waals surface area contributed by atoms with Crippen LogP contribution in [0.2, 0.25) is 0 Å². The van der Waals surface area contributed by atoms with E-state index in [1.54, 1.807) is 0 Å². The van der Waals surface area contributed by atoms with Crippen molar-refractivity contribution in [3.8, 4) is 11.1 Å². The molecule has 7 nitrogen and oxygen atoms in total. The molecule has 0 aliphatic carbocycles. The molecule has 5 rings (SSSR count). The second-order valence-electron chi connectivity index (χ2n) is 8.93. The Morgan fingerprint density at radius 2 is 1.76 bits per heavy atom. The van der Waals surface area contributed by atoms with Gasteiger partial charge in [0.05, 0.1) is 5.52 Å². The number of amides is 1. The first-order valence-electron chi connectivity index (χ1n) is 11.6. The molecule has 7 heteroatoms. The maximum atomic E-state index is 12.6. The van der Waals surface area contributed by atoms with Crippen molar-refractivity contribution in [3.63, 3.8) is 0 Å². The molecule has 4 aromatic rings. The van der Waals surface area contributed by atoms with E-state index < -0.39 is 0 Å². The number of nitrogens with one attached hydrogen (secondary N) is 3. The number of hydrogen-bond donors (Lipinski definition) is 3. The van der Waals surface area contributed by atoms with Crippen LogP contribution >= 0.6 is 0 Å². The van der Waals surface area contributed by atoms with Gasteiger partial charge in [-0.05, 0) is 91.9 Å². The fraction of sp³-hybridized carbons (Fsp3) is 0.259. The van der Waals surface area contributed by atoms with E-state index in [1.165, 1.54) is 16.7 Å². The van der Waals surface area contributed by atoms with Gasteiger partial charge in [-0.25, -0.2) is 4.98 Å². The van der Waals surface area contributed by atoms with E-state index in [0.717, 1.165) is 47.4 Å². The number of fused-ring (bicyclic) bond motifs is 1. The molecule has 1 aliphatic heterocycles. The van der Waals surface area contributed by atoms with Crippen LogP contribution in [0.5, 0.6) is 0 Å². The van der Waals surface area contributed by atoms with Gasteiger partial charge in [-0.3, -0.25) is 4.79 Å². The molecule has 0 radical (unpaired) electrons. The minimum Gasteiger partial charge on any atom is -0.348 e. The molecule has 0 spiro atoms. The summed E-state index contributed by atoms with van der Waals surface area (Å²) in [5, 5.41) is 18.3. The predicted octanol–water partition coefficient (Wildman–Crippen LogP) is 4.45. The van der Waals surface area contributed by atoms with Crippen molar-refractivity contribution in [1.29, 1.82) is 0 Å².